The number of methoxy groups -OCH3 is 1. The van der Waals surface area contributed by atoms with Gasteiger partial charge in [0.25, 0.3) is 5.69 Å². The number of carbonyl (C=O) groups excluding carboxylic acids is 2. The van der Waals surface area contributed by atoms with Crippen LogP contribution in [0.2, 0.25) is 0 Å². The fraction of sp³-hybridized carbons (Fsp3) is 0.176. The lowest BCUT2D eigenvalue weighted by Gasteiger charge is -2.07. The smallest absolute Gasteiger partial charge is 0.310 e. The molecule has 0 N–H and O–H groups in total. The molecular formula is C17H14BrNO6. The highest BCUT2D eigenvalue weighted by Gasteiger charge is 2.14. The molecule has 25 heavy (non-hydrogen) atoms. The molecule has 0 aromatic heterocycles. The average molecular weight is 408 g/mol. The number of non-ortho nitro benzene ring substituents is 1. The molecule has 0 heterocycles. The molecule has 2 aromatic carbocycles. The van der Waals surface area contributed by atoms with E-state index < -0.39 is 23.3 Å². The Kier molecular flexibility index (Phi) is 6.24. The number of rotatable bonds is 7. The van der Waals surface area contributed by atoms with Crippen molar-refractivity contribution in [1.29, 1.82) is 0 Å². The van der Waals surface area contributed by atoms with E-state index in [4.69, 9.17) is 9.47 Å². The van der Waals surface area contributed by atoms with Crippen molar-refractivity contribution in [3.05, 3.63) is 68.2 Å². The van der Waals surface area contributed by atoms with Gasteiger partial charge in [0, 0.05) is 17.7 Å². The minimum Gasteiger partial charge on any atom is -0.496 e. The number of Topliss-reactive ketones (excluding diaryl/α,β-unsaturated/α-hetero) is 1. The summed E-state index contributed by atoms with van der Waals surface area (Å²) in [7, 11) is 1.54. The van der Waals surface area contributed by atoms with Crippen LogP contribution in [0.15, 0.2) is 46.9 Å². The zero-order valence-electron chi connectivity index (χ0n) is 13.2. The summed E-state index contributed by atoms with van der Waals surface area (Å²) in [6.45, 7) is -0.475. The third-order valence-electron chi connectivity index (χ3n) is 3.31. The largest absolute Gasteiger partial charge is 0.496 e. The van der Waals surface area contributed by atoms with Gasteiger partial charge in [-0.2, -0.15) is 0 Å². The quantitative estimate of drug-likeness (QED) is 0.302. The third kappa shape index (κ3) is 5.12. The Morgan fingerprint density at radius 1 is 1.20 bits per heavy atom. The fourth-order valence-electron chi connectivity index (χ4n) is 2.06. The first-order valence-corrected chi connectivity index (χ1v) is 7.95. The summed E-state index contributed by atoms with van der Waals surface area (Å²) in [5, 5.41) is 10.7. The highest BCUT2D eigenvalue weighted by Crippen LogP contribution is 2.25. The van der Waals surface area contributed by atoms with Crippen LogP contribution >= 0.6 is 15.9 Å². The minimum absolute atomic E-state index is 0.00912. The number of nitro benzene ring substituents is 1. The van der Waals surface area contributed by atoms with E-state index in [2.05, 4.69) is 15.9 Å². The van der Waals surface area contributed by atoms with E-state index in [9.17, 15) is 19.7 Å². The van der Waals surface area contributed by atoms with Gasteiger partial charge in [-0.3, -0.25) is 19.7 Å². The zero-order valence-corrected chi connectivity index (χ0v) is 14.8. The van der Waals surface area contributed by atoms with E-state index in [1.807, 2.05) is 0 Å². The van der Waals surface area contributed by atoms with E-state index in [0.29, 0.717) is 15.8 Å². The Labute approximate surface area is 151 Å². The number of nitrogens with zero attached hydrogens (tertiary/aromatic N) is 1. The van der Waals surface area contributed by atoms with E-state index in [-0.39, 0.29) is 17.7 Å². The van der Waals surface area contributed by atoms with Crippen molar-refractivity contribution in [2.45, 2.75) is 6.42 Å². The van der Waals surface area contributed by atoms with Gasteiger partial charge in [0.2, 0.25) is 5.78 Å². The number of benzene rings is 2. The lowest BCUT2D eigenvalue weighted by Crippen LogP contribution is -2.15. The number of ether oxygens (including phenoxy) is 2. The van der Waals surface area contributed by atoms with Crippen LogP contribution in [0.4, 0.5) is 5.69 Å². The normalized spacial score (nSPS) is 10.2. The molecule has 0 unspecified atom stereocenters. The number of carbonyl (C=O) groups is 2. The maximum absolute atomic E-state index is 12.0. The molecule has 2 rings (SSSR count). The highest BCUT2D eigenvalue weighted by atomic mass is 79.9. The number of hydrogen-bond donors (Lipinski definition) is 0. The topological polar surface area (TPSA) is 95.7 Å². The van der Waals surface area contributed by atoms with Crippen LogP contribution < -0.4 is 4.74 Å². The molecule has 0 atom stereocenters. The van der Waals surface area contributed by atoms with E-state index in [0.717, 1.165) is 6.07 Å². The van der Waals surface area contributed by atoms with Crippen molar-refractivity contribution >= 4 is 33.4 Å². The van der Waals surface area contributed by atoms with E-state index in [1.165, 1.54) is 25.3 Å². The van der Waals surface area contributed by atoms with Gasteiger partial charge in [0.05, 0.1) is 22.9 Å². The van der Waals surface area contributed by atoms with Crippen molar-refractivity contribution in [3.63, 3.8) is 0 Å². The molecule has 0 amide bonds. The number of halogens is 1. The number of esters is 1. The molecule has 0 radical (unpaired) electrons. The molecule has 7 nitrogen and oxygen atoms in total. The van der Waals surface area contributed by atoms with Crippen LogP contribution in [0.25, 0.3) is 0 Å². The van der Waals surface area contributed by atoms with Gasteiger partial charge in [-0.25, -0.2) is 0 Å². The highest BCUT2D eigenvalue weighted by molar-refractivity contribution is 9.10. The first-order valence-electron chi connectivity index (χ1n) is 7.16. The Balaban J connectivity index is 1.93. The van der Waals surface area contributed by atoms with Gasteiger partial charge in [-0.05, 0) is 33.6 Å². The van der Waals surface area contributed by atoms with Crippen LogP contribution in [0.1, 0.15) is 15.9 Å². The average Bonchev–Trinajstić information content (AvgIpc) is 2.60. The maximum atomic E-state index is 12.0. The first kappa shape index (κ1) is 18.6. The van der Waals surface area contributed by atoms with E-state index in [1.54, 1.807) is 18.2 Å². The first-order chi connectivity index (χ1) is 11.9. The number of nitro groups is 1. The van der Waals surface area contributed by atoms with Crippen LogP contribution in [0.3, 0.4) is 0 Å². The lowest BCUT2D eigenvalue weighted by atomic mass is 10.1. The van der Waals surface area contributed by atoms with Gasteiger partial charge in [-0.1, -0.05) is 18.2 Å². The molecule has 0 bridgehead atoms. The zero-order chi connectivity index (χ0) is 18.4. The molecule has 0 aliphatic heterocycles. The van der Waals surface area contributed by atoms with Gasteiger partial charge < -0.3 is 9.47 Å². The molecular weight excluding hydrogens is 394 g/mol. The Morgan fingerprint density at radius 2 is 1.96 bits per heavy atom. The summed E-state index contributed by atoms with van der Waals surface area (Å²) in [6.07, 6.45) is -0.00912. The van der Waals surface area contributed by atoms with Crippen LogP contribution in [-0.2, 0) is 16.0 Å². The van der Waals surface area contributed by atoms with Crippen molar-refractivity contribution < 1.29 is 24.0 Å². The van der Waals surface area contributed by atoms with Gasteiger partial charge >= 0.3 is 5.97 Å². The number of ketones is 1. The molecule has 8 heteroatoms. The van der Waals surface area contributed by atoms with Gasteiger partial charge in [0.1, 0.15) is 5.75 Å². The molecule has 2 aromatic rings. The number of hydrogen-bond acceptors (Lipinski definition) is 6. The van der Waals surface area contributed by atoms with Crippen molar-refractivity contribution in [2.24, 2.45) is 0 Å². The molecule has 0 aliphatic rings. The minimum atomic E-state index is -0.593. The molecule has 130 valence electrons. The van der Waals surface area contributed by atoms with Crippen molar-refractivity contribution in [1.82, 2.24) is 0 Å². The molecule has 0 saturated carbocycles. The summed E-state index contributed by atoms with van der Waals surface area (Å²) in [4.78, 5) is 34.0. The monoisotopic (exact) mass is 407 g/mol. The van der Waals surface area contributed by atoms with Crippen molar-refractivity contribution in [2.75, 3.05) is 13.7 Å². The predicted molar refractivity (Wildman–Crippen MR) is 92.8 cm³/mol. The molecule has 0 spiro atoms. The standard InChI is InChI=1S/C17H14BrNO6/c1-24-16-6-5-11(7-14(16)18)8-17(21)25-10-15(20)12-3-2-4-13(9-12)19(22)23/h2-7,9H,8,10H2,1H3. The van der Waals surface area contributed by atoms with Crippen LogP contribution in [-0.4, -0.2) is 30.4 Å². The Morgan fingerprint density at radius 3 is 2.60 bits per heavy atom. The van der Waals surface area contributed by atoms with E-state index >= 15 is 0 Å². The molecule has 0 fully saturated rings. The summed E-state index contributed by atoms with van der Waals surface area (Å²) < 4.78 is 10.8. The SMILES string of the molecule is COc1ccc(CC(=O)OCC(=O)c2cccc([N+](=O)[O-])c2)cc1Br. The molecule has 0 saturated heterocycles. The molecule has 0 aliphatic carbocycles. The summed E-state index contributed by atoms with van der Waals surface area (Å²) >= 11 is 3.32. The summed E-state index contributed by atoms with van der Waals surface area (Å²) in [6, 6.07) is 10.4. The summed E-state index contributed by atoms with van der Waals surface area (Å²) in [5.41, 5.74) is 0.620. The fourth-order valence-corrected chi connectivity index (χ4v) is 2.65. The second kappa shape index (κ2) is 8.39. The Hall–Kier alpha value is -2.74. The predicted octanol–water partition coefficient (Wildman–Crippen LogP) is 3.33. The van der Waals surface area contributed by atoms with Gasteiger partial charge in [-0.15, -0.1) is 0 Å². The van der Waals surface area contributed by atoms with Crippen LogP contribution in [0.5, 0.6) is 5.75 Å². The lowest BCUT2D eigenvalue weighted by molar-refractivity contribution is -0.384. The summed E-state index contributed by atoms with van der Waals surface area (Å²) in [5.74, 6) is -0.443. The van der Waals surface area contributed by atoms with Gasteiger partial charge in [0.15, 0.2) is 6.61 Å². The third-order valence-corrected chi connectivity index (χ3v) is 3.93. The van der Waals surface area contributed by atoms with Crippen LogP contribution in [0, 0.1) is 10.1 Å². The van der Waals surface area contributed by atoms with Crippen molar-refractivity contribution in [3.8, 4) is 5.75 Å². The Bertz CT molecular complexity index is 821. The second-order valence-electron chi connectivity index (χ2n) is 5.04. The maximum Gasteiger partial charge on any atom is 0.310 e. The second-order valence-corrected chi connectivity index (χ2v) is 5.89.